The third kappa shape index (κ3) is 2.45. The topological polar surface area (TPSA) is 40.8 Å². The first kappa shape index (κ1) is 11.2. The summed E-state index contributed by atoms with van der Waals surface area (Å²) in [5.41, 5.74) is 1.89. The first-order chi connectivity index (χ1) is 8.33. The maximum atomic E-state index is 8.20. The number of benzene rings is 1. The van der Waals surface area contributed by atoms with Gasteiger partial charge in [0.2, 0.25) is 0 Å². The molecule has 0 fully saturated rings. The summed E-state index contributed by atoms with van der Waals surface area (Å²) in [5, 5.41) is 11.2. The Labute approximate surface area is 101 Å². The van der Waals surface area contributed by atoms with Gasteiger partial charge in [0.15, 0.2) is 0 Å². The van der Waals surface area contributed by atoms with Gasteiger partial charge < -0.3 is 9.88 Å². The smallest absolute Gasteiger partial charge is 0.138 e. The van der Waals surface area contributed by atoms with E-state index in [0.717, 1.165) is 11.1 Å². The molecule has 0 spiro atoms. The lowest BCUT2D eigenvalue weighted by molar-refractivity contribution is 1.09. The Morgan fingerprint density at radius 1 is 1.12 bits per heavy atom. The molecule has 0 bridgehead atoms. The van der Waals surface area contributed by atoms with Crippen molar-refractivity contribution >= 4 is 11.4 Å². The highest BCUT2D eigenvalue weighted by atomic mass is 15.0. The van der Waals surface area contributed by atoms with Crippen LogP contribution in [0.4, 0.5) is 0 Å². The molecule has 0 aliphatic rings. The first-order valence-corrected chi connectivity index (χ1v) is 5.48. The van der Waals surface area contributed by atoms with E-state index in [4.69, 9.17) is 5.41 Å². The third-order valence-electron chi connectivity index (χ3n) is 2.49. The normalized spacial score (nSPS) is 11.2. The molecule has 0 amide bonds. The zero-order valence-corrected chi connectivity index (χ0v) is 9.72. The van der Waals surface area contributed by atoms with Crippen LogP contribution in [-0.2, 0) is 0 Å². The fourth-order valence-corrected chi connectivity index (χ4v) is 1.67. The SMILES string of the molecule is CN/C=C(\C(=N)n1cccc1)c1ccccc1. The lowest BCUT2D eigenvalue weighted by Gasteiger charge is -2.10. The largest absolute Gasteiger partial charge is 0.393 e. The molecule has 0 radical (unpaired) electrons. The number of aromatic nitrogens is 1. The molecule has 3 heteroatoms. The van der Waals surface area contributed by atoms with Crippen LogP contribution in [0.15, 0.2) is 61.1 Å². The Balaban J connectivity index is 2.38. The van der Waals surface area contributed by atoms with Crippen LogP contribution in [0.1, 0.15) is 5.56 Å². The Hall–Kier alpha value is -2.29. The van der Waals surface area contributed by atoms with Gasteiger partial charge in [0, 0.05) is 31.2 Å². The van der Waals surface area contributed by atoms with E-state index in [1.54, 1.807) is 4.57 Å². The van der Waals surface area contributed by atoms with E-state index >= 15 is 0 Å². The minimum absolute atomic E-state index is 0.454. The van der Waals surface area contributed by atoms with Crippen LogP contribution < -0.4 is 5.32 Å². The fraction of sp³-hybridized carbons (Fsp3) is 0.0714. The molecule has 2 aromatic rings. The molecule has 3 nitrogen and oxygen atoms in total. The van der Waals surface area contributed by atoms with Crippen molar-refractivity contribution in [2.75, 3.05) is 7.05 Å². The Morgan fingerprint density at radius 3 is 2.35 bits per heavy atom. The zero-order chi connectivity index (χ0) is 12.1. The lowest BCUT2D eigenvalue weighted by atomic mass is 10.1. The highest BCUT2D eigenvalue weighted by molar-refractivity contribution is 6.21. The highest BCUT2D eigenvalue weighted by Crippen LogP contribution is 2.15. The van der Waals surface area contributed by atoms with Gasteiger partial charge in [-0.15, -0.1) is 0 Å². The van der Waals surface area contributed by atoms with Crippen molar-refractivity contribution < 1.29 is 0 Å². The van der Waals surface area contributed by atoms with Crippen LogP contribution in [0.5, 0.6) is 0 Å². The molecule has 1 aromatic heterocycles. The summed E-state index contributed by atoms with van der Waals surface area (Å²) in [7, 11) is 1.84. The van der Waals surface area contributed by atoms with Crippen LogP contribution >= 0.6 is 0 Å². The maximum absolute atomic E-state index is 8.20. The second-order valence-corrected chi connectivity index (χ2v) is 3.65. The van der Waals surface area contributed by atoms with Crippen molar-refractivity contribution in [3.8, 4) is 0 Å². The van der Waals surface area contributed by atoms with Crippen molar-refractivity contribution in [1.82, 2.24) is 9.88 Å². The molecular weight excluding hydrogens is 210 g/mol. The first-order valence-electron chi connectivity index (χ1n) is 5.48. The fourth-order valence-electron chi connectivity index (χ4n) is 1.67. The summed E-state index contributed by atoms with van der Waals surface area (Å²) >= 11 is 0. The third-order valence-corrected chi connectivity index (χ3v) is 2.49. The molecule has 2 rings (SSSR count). The molecule has 0 unspecified atom stereocenters. The Bertz CT molecular complexity index is 510. The number of hydrogen-bond acceptors (Lipinski definition) is 2. The van der Waals surface area contributed by atoms with Crippen LogP contribution in [-0.4, -0.2) is 17.5 Å². The second kappa shape index (κ2) is 5.16. The maximum Gasteiger partial charge on any atom is 0.138 e. The molecule has 0 aliphatic carbocycles. The molecule has 17 heavy (non-hydrogen) atoms. The molecule has 86 valence electrons. The van der Waals surface area contributed by atoms with Crippen LogP contribution in [0.2, 0.25) is 0 Å². The lowest BCUT2D eigenvalue weighted by Crippen LogP contribution is -2.12. The molecule has 0 aliphatic heterocycles. The molecule has 0 saturated heterocycles. The van der Waals surface area contributed by atoms with E-state index in [2.05, 4.69) is 5.32 Å². The van der Waals surface area contributed by atoms with Gasteiger partial charge in [-0.05, 0) is 17.7 Å². The molecule has 0 atom stereocenters. The van der Waals surface area contributed by atoms with Crippen molar-refractivity contribution in [2.24, 2.45) is 0 Å². The van der Waals surface area contributed by atoms with Gasteiger partial charge in [-0.3, -0.25) is 5.41 Å². The van der Waals surface area contributed by atoms with Crippen LogP contribution in [0, 0.1) is 5.41 Å². The zero-order valence-electron chi connectivity index (χ0n) is 9.72. The van der Waals surface area contributed by atoms with Crippen molar-refractivity contribution in [1.29, 1.82) is 5.41 Å². The molecule has 0 saturated carbocycles. The second-order valence-electron chi connectivity index (χ2n) is 3.65. The van der Waals surface area contributed by atoms with E-state index in [-0.39, 0.29) is 0 Å². The van der Waals surface area contributed by atoms with E-state index < -0.39 is 0 Å². The standard InChI is InChI=1S/C14H15N3/c1-16-11-13(12-7-3-2-4-8-12)14(15)17-9-5-6-10-17/h2-11,15-16H,1H3/b13-11-,15-14?. The summed E-state index contributed by atoms with van der Waals surface area (Å²) in [5.74, 6) is 0.454. The van der Waals surface area contributed by atoms with Crippen molar-refractivity contribution in [3.63, 3.8) is 0 Å². The number of hydrogen-bond donors (Lipinski definition) is 2. The van der Waals surface area contributed by atoms with Gasteiger partial charge >= 0.3 is 0 Å². The summed E-state index contributed by atoms with van der Waals surface area (Å²) in [6.45, 7) is 0. The predicted octanol–water partition coefficient (Wildman–Crippen LogP) is 2.57. The molecular formula is C14H15N3. The van der Waals surface area contributed by atoms with Crippen LogP contribution in [0.3, 0.4) is 0 Å². The van der Waals surface area contributed by atoms with E-state index in [9.17, 15) is 0 Å². The quantitative estimate of drug-likeness (QED) is 0.611. The van der Waals surface area contributed by atoms with E-state index in [0.29, 0.717) is 5.84 Å². The van der Waals surface area contributed by atoms with Gasteiger partial charge in [-0.1, -0.05) is 30.3 Å². The van der Waals surface area contributed by atoms with E-state index in [1.807, 2.05) is 68.1 Å². The predicted molar refractivity (Wildman–Crippen MR) is 71.0 cm³/mol. The summed E-state index contributed by atoms with van der Waals surface area (Å²) in [6.07, 6.45) is 5.58. The van der Waals surface area contributed by atoms with Gasteiger partial charge in [0.1, 0.15) is 5.84 Å². The minimum Gasteiger partial charge on any atom is -0.393 e. The molecule has 1 aromatic carbocycles. The summed E-state index contributed by atoms with van der Waals surface area (Å²) in [4.78, 5) is 0. The summed E-state index contributed by atoms with van der Waals surface area (Å²) in [6, 6.07) is 13.7. The van der Waals surface area contributed by atoms with Gasteiger partial charge in [-0.25, -0.2) is 0 Å². The van der Waals surface area contributed by atoms with Crippen molar-refractivity contribution in [2.45, 2.75) is 0 Å². The van der Waals surface area contributed by atoms with E-state index in [1.165, 1.54) is 0 Å². The summed E-state index contributed by atoms with van der Waals surface area (Å²) < 4.78 is 1.79. The number of nitrogens with one attached hydrogen (secondary N) is 2. The van der Waals surface area contributed by atoms with Gasteiger partial charge in [0.05, 0.1) is 0 Å². The van der Waals surface area contributed by atoms with Crippen LogP contribution in [0.25, 0.3) is 5.57 Å². The van der Waals surface area contributed by atoms with Gasteiger partial charge in [-0.2, -0.15) is 0 Å². The number of nitrogens with zero attached hydrogens (tertiary/aromatic N) is 1. The average molecular weight is 225 g/mol. The molecule has 1 heterocycles. The van der Waals surface area contributed by atoms with Gasteiger partial charge in [0.25, 0.3) is 0 Å². The Kier molecular flexibility index (Phi) is 3.40. The minimum atomic E-state index is 0.454. The number of allylic oxidation sites excluding steroid dienone is 1. The number of rotatable bonds is 3. The average Bonchev–Trinajstić information content (AvgIpc) is 2.90. The van der Waals surface area contributed by atoms with Crippen molar-refractivity contribution in [3.05, 3.63) is 66.6 Å². The molecule has 2 N–H and O–H groups in total. The monoisotopic (exact) mass is 225 g/mol. The Morgan fingerprint density at radius 2 is 1.76 bits per heavy atom. The highest BCUT2D eigenvalue weighted by Gasteiger charge is 2.08.